The van der Waals surface area contributed by atoms with E-state index in [-0.39, 0.29) is 28.9 Å². The van der Waals surface area contributed by atoms with Crippen LogP contribution in [0, 0.1) is 17.1 Å². The first kappa shape index (κ1) is 31.1. The van der Waals surface area contributed by atoms with Crippen LogP contribution in [0.1, 0.15) is 26.7 Å². The number of amides is 1. The number of rotatable bonds is 8. The van der Waals surface area contributed by atoms with E-state index in [1.807, 2.05) is 32.0 Å². The van der Waals surface area contributed by atoms with E-state index in [0.29, 0.717) is 41.3 Å². The molecule has 2 saturated heterocycles. The molecule has 1 amide bonds. The molecule has 0 bridgehead atoms. The van der Waals surface area contributed by atoms with E-state index in [1.165, 1.54) is 12.4 Å². The number of likely N-dealkylation sites (N-methyl/N-ethyl adjacent to an activating group) is 1. The van der Waals surface area contributed by atoms with Gasteiger partial charge in [0.1, 0.15) is 46.8 Å². The lowest BCUT2D eigenvalue weighted by Crippen LogP contribution is -2.53. The lowest BCUT2D eigenvalue weighted by Gasteiger charge is -2.42. The highest BCUT2D eigenvalue weighted by atomic mass is 19.1. The number of ether oxygens (including phenoxy) is 1. The Morgan fingerprint density at radius 3 is 2.59 bits per heavy atom. The van der Waals surface area contributed by atoms with Gasteiger partial charge in [0.15, 0.2) is 5.65 Å². The molecule has 11 nitrogen and oxygen atoms in total. The topological polar surface area (TPSA) is 129 Å². The van der Waals surface area contributed by atoms with Gasteiger partial charge in [0.25, 0.3) is 5.91 Å². The molecular formula is C34H38FN9O2. The highest BCUT2D eigenvalue weighted by molar-refractivity contribution is 5.99. The SMILES string of the molecule is CN1CCN(C(C)(C)/C=C(\C#N)C(=O)N2CCC[C@@H]2Cn2nc(-c3ccc(Oc4ccccc4)cc3F)c3c(N)ncnc32)CC1. The van der Waals surface area contributed by atoms with E-state index in [0.717, 1.165) is 39.0 Å². The number of para-hydroxylation sites is 1. The first-order valence-electron chi connectivity index (χ1n) is 15.5. The number of fused-ring (bicyclic) bond motifs is 1. The van der Waals surface area contributed by atoms with Crippen LogP contribution in [0.25, 0.3) is 22.3 Å². The van der Waals surface area contributed by atoms with Crippen LogP contribution < -0.4 is 10.5 Å². The Labute approximate surface area is 267 Å². The van der Waals surface area contributed by atoms with Crippen LogP contribution >= 0.6 is 0 Å². The Balaban J connectivity index is 1.26. The largest absolute Gasteiger partial charge is 0.457 e. The van der Waals surface area contributed by atoms with Crippen LogP contribution in [-0.4, -0.2) is 91.7 Å². The highest BCUT2D eigenvalue weighted by Gasteiger charge is 2.35. The van der Waals surface area contributed by atoms with Gasteiger partial charge < -0.3 is 20.3 Å². The molecule has 0 spiro atoms. The molecule has 2 aliphatic rings. The molecule has 2 N–H and O–H groups in total. The van der Waals surface area contributed by atoms with Crippen LogP contribution in [0.5, 0.6) is 11.5 Å². The summed E-state index contributed by atoms with van der Waals surface area (Å²) in [5.74, 6) is 0.286. The monoisotopic (exact) mass is 623 g/mol. The van der Waals surface area contributed by atoms with Crippen molar-refractivity contribution >= 4 is 22.8 Å². The number of nitrogens with two attached hydrogens (primary N) is 1. The average Bonchev–Trinajstić information content (AvgIpc) is 3.66. The smallest absolute Gasteiger partial charge is 0.264 e. The van der Waals surface area contributed by atoms with E-state index in [2.05, 4.69) is 32.9 Å². The molecule has 12 heteroatoms. The molecule has 2 fully saturated rings. The van der Waals surface area contributed by atoms with Gasteiger partial charge >= 0.3 is 0 Å². The molecule has 0 unspecified atom stereocenters. The minimum atomic E-state index is -0.535. The number of hydrogen-bond donors (Lipinski definition) is 1. The van der Waals surface area contributed by atoms with Crippen LogP contribution in [0.15, 0.2) is 66.5 Å². The van der Waals surface area contributed by atoms with Crippen LogP contribution in [0.4, 0.5) is 10.2 Å². The summed E-state index contributed by atoms with van der Waals surface area (Å²) < 4.78 is 23.1. The Bertz CT molecular complexity index is 1810. The standard InChI is InChI=1S/C34H38FN9O2/c1-34(2,42-16-14-41(3)15-17-42)19-23(20-36)33(45)43-13-7-8-24(43)21-44-32-29(31(37)38-22-39-32)30(40-44)27-12-11-26(18-28(27)35)46-25-9-5-4-6-10-25/h4-6,9-12,18-19,22,24H,7-8,13-17,21H2,1-3H3,(H2,37,38,39)/b23-19+/t24-/m1/s1. The first-order valence-corrected chi connectivity index (χ1v) is 15.5. The van der Waals surface area contributed by atoms with Crippen molar-refractivity contribution in [1.82, 2.24) is 34.4 Å². The number of carbonyl (C=O) groups is 1. The molecule has 6 rings (SSSR count). The fourth-order valence-electron chi connectivity index (χ4n) is 6.34. The van der Waals surface area contributed by atoms with Gasteiger partial charge in [-0.25, -0.2) is 19.0 Å². The summed E-state index contributed by atoms with van der Waals surface area (Å²) in [4.78, 5) is 28.7. The maximum atomic E-state index is 15.6. The number of anilines is 1. The summed E-state index contributed by atoms with van der Waals surface area (Å²) in [7, 11) is 2.10. The molecule has 0 radical (unpaired) electrons. The van der Waals surface area contributed by atoms with E-state index in [4.69, 9.17) is 15.6 Å². The third-order valence-corrected chi connectivity index (χ3v) is 8.92. The maximum Gasteiger partial charge on any atom is 0.264 e. The van der Waals surface area contributed by atoms with Gasteiger partial charge in [0, 0.05) is 49.9 Å². The Morgan fingerprint density at radius 2 is 1.87 bits per heavy atom. The number of halogens is 1. The van der Waals surface area contributed by atoms with Crippen LogP contribution in [0.3, 0.4) is 0 Å². The zero-order chi connectivity index (χ0) is 32.4. The first-order chi connectivity index (χ1) is 22.1. The number of benzene rings is 2. The number of hydrogen-bond acceptors (Lipinski definition) is 9. The van der Waals surface area contributed by atoms with Gasteiger partial charge in [-0.15, -0.1) is 0 Å². The molecule has 0 saturated carbocycles. The molecule has 2 aromatic heterocycles. The fourth-order valence-corrected chi connectivity index (χ4v) is 6.34. The zero-order valence-electron chi connectivity index (χ0n) is 26.4. The predicted molar refractivity (Wildman–Crippen MR) is 173 cm³/mol. The lowest BCUT2D eigenvalue weighted by atomic mass is 9.97. The van der Waals surface area contributed by atoms with E-state index in [1.54, 1.807) is 39.9 Å². The molecule has 2 aliphatic heterocycles. The van der Waals surface area contributed by atoms with Crippen molar-refractivity contribution in [2.24, 2.45) is 0 Å². The van der Waals surface area contributed by atoms with Gasteiger partial charge in [0.05, 0.1) is 18.0 Å². The van der Waals surface area contributed by atoms with Crippen molar-refractivity contribution in [2.75, 3.05) is 45.5 Å². The van der Waals surface area contributed by atoms with Crippen LogP contribution in [-0.2, 0) is 11.3 Å². The van der Waals surface area contributed by atoms with E-state index >= 15 is 4.39 Å². The quantitative estimate of drug-likeness (QED) is 0.223. The number of likely N-dealkylation sites (tertiary alicyclic amines) is 1. The number of piperazine rings is 1. The average molecular weight is 624 g/mol. The highest BCUT2D eigenvalue weighted by Crippen LogP contribution is 2.35. The van der Waals surface area contributed by atoms with Gasteiger partial charge in [-0.1, -0.05) is 18.2 Å². The van der Waals surface area contributed by atoms with Crippen molar-refractivity contribution in [3.8, 4) is 28.8 Å². The predicted octanol–water partition coefficient (Wildman–Crippen LogP) is 4.47. The molecular weight excluding hydrogens is 585 g/mol. The van der Waals surface area contributed by atoms with Gasteiger partial charge in [0.2, 0.25) is 0 Å². The second kappa shape index (κ2) is 12.9. The summed E-state index contributed by atoms with van der Waals surface area (Å²) in [5.41, 5.74) is 6.95. The summed E-state index contributed by atoms with van der Waals surface area (Å²) in [5, 5.41) is 15.3. The molecule has 1 atom stereocenters. The van der Waals surface area contributed by atoms with Crippen molar-refractivity contribution in [2.45, 2.75) is 44.8 Å². The normalized spacial score (nSPS) is 18.2. The third kappa shape index (κ3) is 6.29. The molecule has 4 heterocycles. The third-order valence-electron chi connectivity index (χ3n) is 8.92. The fraction of sp³-hybridized carbons (Fsp3) is 0.382. The minimum absolute atomic E-state index is 0.133. The second-order valence-electron chi connectivity index (χ2n) is 12.5. The minimum Gasteiger partial charge on any atom is -0.457 e. The number of nitrogen functional groups attached to an aromatic ring is 1. The summed E-state index contributed by atoms with van der Waals surface area (Å²) in [6.45, 7) is 8.52. The van der Waals surface area contributed by atoms with Crippen LogP contribution in [0.2, 0.25) is 0 Å². The summed E-state index contributed by atoms with van der Waals surface area (Å²) >= 11 is 0. The number of carbonyl (C=O) groups excluding carboxylic acids is 1. The van der Waals surface area contributed by atoms with Gasteiger partial charge in [-0.3, -0.25) is 9.69 Å². The molecule has 0 aliphatic carbocycles. The molecule has 2 aromatic carbocycles. The maximum absolute atomic E-state index is 15.6. The van der Waals surface area contributed by atoms with E-state index < -0.39 is 11.4 Å². The molecule has 4 aromatic rings. The molecule has 46 heavy (non-hydrogen) atoms. The van der Waals surface area contributed by atoms with Gasteiger partial charge in [-0.05, 0) is 64.1 Å². The second-order valence-corrected chi connectivity index (χ2v) is 12.5. The zero-order valence-corrected chi connectivity index (χ0v) is 26.4. The Hall–Kier alpha value is -4.86. The molecule has 238 valence electrons. The number of nitrogens with zero attached hydrogens (tertiary/aromatic N) is 8. The van der Waals surface area contributed by atoms with Crippen molar-refractivity contribution in [3.05, 3.63) is 72.3 Å². The van der Waals surface area contributed by atoms with E-state index in [9.17, 15) is 10.1 Å². The Morgan fingerprint density at radius 1 is 1.11 bits per heavy atom. The number of nitriles is 1. The van der Waals surface area contributed by atoms with Crippen molar-refractivity contribution in [1.29, 1.82) is 5.26 Å². The van der Waals surface area contributed by atoms with Crippen molar-refractivity contribution < 1.29 is 13.9 Å². The lowest BCUT2D eigenvalue weighted by molar-refractivity contribution is -0.127. The summed E-state index contributed by atoms with van der Waals surface area (Å²) in [6, 6.07) is 15.7. The summed E-state index contributed by atoms with van der Waals surface area (Å²) in [6.07, 6.45) is 4.67. The van der Waals surface area contributed by atoms with Gasteiger partial charge in [-0.2, -0.15) is 10.4 Å². The van der Waals surface area contributed by atoms with Crippen molar-refractivity contribution in [3.63, 3.8) is 0 Å². The number of aromatic nitrogens is 4. The Kier molecular flexibility index (Phi) is 8.71.